The third-order valence-electron chi connectivity index (χ3n) is 0.728. The predicted octanol–water partition coefficient (Wildman–Crippen LogP) is 0.930. The van der Waals surface area contributed by atoms with E-state index in [9.17, 15) is 0 Å². The Hall–Kier alpha value is -0.920. The molecule has 0 heterocycles. The lowest BCUT2D eigenvalue weighted by Crippen LogP contribution is -2.02. The first kappa shape index (κ1) is 7.08. The second kappa shape index (κ2) is 4.24. The van der Waals surface area contributed by atoms with Crippen molar-refractivity contribution in [1.82, 2.24) is 5.32 Å². The Morgan fingerprint density at radius 1 is 1.62 bits per heavy atom. The van der Waals surface area contributed by atoms with Gasteiger partial charge in [0.25, 0.3) is 0 Å². The van der Waals surface area contributed by atoms with E-state index in [2.05, 4.69) is 5.32 Å². The van der Waals surface area contributed by atoms with Gasteiger partial charge >= 0.3 is 0 Å². The van der Waals surface area contributed by atoms with Gasteiger partial charge in [-0.25, -0.2) is 0 Å². The zero-order valence-electron chi connectivity index (χ0n) is 5.31. The molecule has 2 nitrogen and oxygen atoms in total. The highest BCUT2D eigenvalue weighted by molar-refractivity contribution is 4.96. The van der Waals surface area contributed by atoms with Gasteiger partial charge in [-0.2, -0.15) is 0 Å². The fourth-order valence-corrected chi connectivity index (χ4v) is 0.263. The van der Waals surface area contributed by atoms with Crippen molar-refractivity contribution in [3.63, 3.8) is 0 Å². The first-order valence-electron chi connectivity index (χ1n) is 2.57. The van der Waals surface area contributed by atoms with E-state index in [1.807, 2.05) is 26.1 Å². The van der Waals surface area contributed by atoms with E-state index < -0.39 is 0 Å². The van der Waals surface area contributed by atoms with Gasteiger partial charge in [0.15, 0.2) is 0 Å². The smallest absolute Gasteiger partial charge is 0.0272 e. The van der Waals surface area contributed by atoms with Gasteiger partial charge in [0, 0.05) is 11.9 Å². The normalized spacial score (nSPS) is 12.5. The van der Waals surface area contributed by atoms with Crippen molar-refractivity contribution in [2.75, 3.05) is 0 Å². The molecule has 0 saturated heterocycles. The third kappa shape index (κ3) is 3.28. The molecule has 8 heavy (non-hydrogen) atoms. The van der Waals surface area contributed by atoms with Crippen LogP contribution in [-0.4, -0.2) is 0 Å². The van der Waals surface area contributed by atoms with Gasteiger partial charge in [-0.3, -0.25) is 0 Å². The quantitative estimate of drug-likeness (QED) is 0.557. The van der Waals surface area contributed by atoms with Crippen LogP contribution in [0.2, 0.25) is 0 Å². The highest BCUT2D eigenvalue weighted by atomic mass is 14.8. The number of allylic oxidation sites excluding steroid dienone is 2. The summed E-state index contributed by atoms with van der Waals surface area (Å²) >= 11 is 0. The van der Waals surface area contributed by atoms with Crippen molar-refractivity contribution >= 4 is 0 Å². The second-order valence-corrected chi connectivity index (χ2v) is 1.49. The van der Waals surface area contributed by atoms with Crippen LogP contribution in [0.25, 0.3) is 0 Å². The van der Waals surface area contributed by atoms with Gasteiger partial charge in [-0.15, -0.1) is 0 Å². The molecule has 3 N–H and O–H groups in total. The molecule has 0 spiro atoms. The Labute approximate surface area is 50.1 Å². The number of nitrogens with two attached hydrogens (primary N) is 1. The topological polar surface area (TPSA) is 38.0 Å². The average Bonchev–Trinajstić information content (AvgIpc) is 1.83. The molecule has 2 heteroatoms. The molecular formula is C6H12N2. The molecule has 0 unspecified atom stereocenters. The summed E-state index contributed by atoms with van der Waals surface area (Å²) in [5, 5.41) is 2.94. The highest BCUT2D eigenvalue weighted by Gasteiger charge is 1.74. The monoisotopic (exact) mass is 112 g/mol. The summed E-state index contributed by atoms with van der Waals surface area (Å²) in [6.07, 6.45) is 5.27. The molecule has 0 fully saturated rings. The van der Waals surface area contributed by atoms with Gasteiger partial charge in [0.1, 0.15) is 0 Å². The molecule has 0 radical (unpaired) electrons. The van der Waals surface area contributed by atoms with Crippen LogP contribution in [0.3, 0.4) is 0 Å². The number of hydrogen-bond donors (Lipinski definition) is 2. The van der Waals surface area contributed by atoms with E-state index in [1.165, 1.54) is 6.20 Å². The van der Waals surface area contributed by atoms with Crippen molar-refractivity contribution in [2.24, 2.45) is 5.73 Å². The van der Waals surface area contributed by atoms with E-state index in [1.54, 1.807) is 0 Å². The molecule has 0 bridgehead atoms. The first-order valence-corrected chi connectivity index (χ1v) is 2.57. The number of nitrogens with one attached hydrogen (secondary N) is 1. The Bertz CT molecular complexity index is 103. The maximum atomic E-state index is 5.15. The second-order valence-electron chi connectivity index (χ2n) is 1.49. The van der Waals surface area contributed by atoms with E-state index in [-0.39, 0.29) is 0 Å². The zero-order chi connectivity index (χ0) is 6.41. The molecule has 0 saturated carbocycles. The summed E-state index contributed by atoms with van der Waals surface area (Å²) in [5.41, 5.74) is 6.12. The minimum absolute atomic E-state index is 0.961. The van der Waals surface area contributed by atoms with Crippen LogP contribution in [-0.2, 0) is 0 Å². The van der Waals surface area contributed by atoms with Crippen LogP contribution in [0.15, 0.2) is 24.2 Å². The lowest BCUT2D eigenvalue weighted by Gasteiger charge is -1.94. The molecule has 0 aliphatic heterocycles. The van der Waals surface area contributed by atoms with Crippen LogP contribution in [0.4, 0.5) is 0 Å². The Balaban J connectivity index is 3.40. The van der Waals surface area contributed by atoms with Gasteiger partial charge < -0.3 is 11.1 Å². The number of rotatable bonds is 2. The molecule has 0 atom stereocenters. The molecular weight excluding hydrogens is 100 g/mol. The zero-order valence-corrected chi connectivity index (χ0v) is 5.31. The average molecular weight is 112 g/mol. The summed E-state index contributed by atoms with van der Waals surface area (Å²) in [6, 6.07) is 0. The molecule has 0 amide bonds. The van der Waals surface area contributed by atoms with Crippen LogP contribution in [0, 0.1) is 0 Å². The van der Waals surface area contributed by atoms with E-state index in [0.29, 0.717) is 0 Å². The first-order chi connectivity index (χ1) is 3.81. The lowest BCUT2D eigenvalue weighted by molar-refractivity contribution is 1.04. The van der Waals surface area contributed by atoms with E-state index in [0.717, 1.165) is 5.70 Å². The van der Waals surface area contributed by atoms with Gasteiger partial charge in [0.05, 0.1) is 0 Å². The molecule has 0 aliphatic rings. The molecule has 0 aromatic rings. The van der Waals surface area contributed by atoms with Gasteiger partial charge in [-0.05, 0) is 20.0 Å². The molecule has 0 aromatic carbocycles. The lowest BCUT2D eigenvalue weighted by atomic mass is 10.5. The Morgan fingerprint density at radius 2 is 2.25 bits per heavy atom. The minimum Gasteiger partial charge on any atom is -0.403 e. The van der Waals surface area contributed by atoms with Crippen LogP contribution >= 0.6 is 0 Å². The van der Waals surface area contributed by atoms with Crippen LogP contribution < -0.4 is 11.1 Å². The summed E-state index contributed by atoms with van der Waals surface area (Å²) < 4.78 is 0. The Kier molecular flexibility index (Phi) is 3.76. The van der Waals surface area contributed by atoms with Crippen molar-refractivity contribution in [3.05, 3.63) is 24.2 Å². The SMILES string of the molecule is C/C=C\N/C(C)=C\N. The van der Waals surface area contributed by atoms with Gasteiger partial charge in [0.2, 0.25) is 0 Å². The van der Waals surface area contributed by atoms with Crippen LogP contribution in [0.5, 0.6) is 0 Å². The molecule has 0 aliphatic carbocycles. The fourth-order valence-electron chi connectivity index (χ4n) is 0.263. The fraction of sp³-hybridized carbons (Fsp3) is 0.333. The molecule has 0 rings (SSSR count). The van der Waals surface area contributed by atoms with E-state index >= 15 is 0 Å². The van der Waals surface area contributed by atoms with Crippen molar-refractivity contribution in [3.8, 4) is 0 Å². The summed E-state index contributed by atoms with van der Waals surface area (Å²) in [5.74, 6) is 0. The highest BCUT2D eigenvalue weighted by Crippen LogP contribution is 1.79. The van der Waals surface area contributed by atoms with Crippen molar-refractivity contribution in [2.45, 2.75) is 13.8 Å². The largest absolute Gasteiger partial charge is 0.403 e. The summed E-state index contributed by atoms with van der Waals surface area (Å²) in [7, 11) is 0. The van der Waals surface area contributed by atoms with Crippen molar-refractivity contribution in [1.29, 1.82) is 0 Å². The number of hydrogen-bond acceptors (Lipinski definition) is 2. The third-order valence-corrected chi connectivity index (χ3v) is 0.728. The maximum Gasteiger partial charge on any atom is 0.0272 e. The molecule has 0 aromatic heterocycles. The van der Waals surface area contributed by atoms with Crippen molar-refractivity contribution < 1.29 is 0 Å². The van der Waals surface area contributed by atoms with Crippen LogP contribution in [0.1, 0.15) is 13.8 Å². The Morgan fingerprint density at radius 3 is 2.62 bits per heavy atom. The summed E-state index contributed by atoms with van der Waals surface area (Å²) in [4.78, 5) is 0. The standard InChI is InChI=1S/C6H12N2/c1-3-4-8-6(2)5-7/h3-5,8H,7H2,1-2H3/b4-3-,6-5-. The minimum atomic E-state index is 0.961. The predicted molar refractivity (Wildman–Crippen MR) is 35.9 cm³/mol. The van der Waals surface area contributed by atoms with Gasteiger partial charge in [-0.1, -0.05) is 6.08 Å². The summed E-state index contributed by atoms with van der Waals surface area (Å²) in [6.45, 7) is 3.84. The maximum absolute atomic E-state index is 5.15. The van der Waals surface area contributed by atoms with E-state index in [4.69, 9.17) is 5.73 Å². The molecule has 46 valence electrons.